The summed E-state index contributed by atoms with van der Waals surface area (Å²) in [6.07, 6.45) is 1.58. The van der Waals surface area contributed by atoms with Gasteiger partial charge in [0.1, 0.15) is 11.3 Å². The highest BCUT2D eigenvalue weighted by molar-refractivity contribution is 6.17. The van der Waals surface area contributed by atoms with E-state index in [1.165, 1.54) is 16.6 Å². The number of halogens is 2. The Balaban J connectivity index is 2.55. The number of hydrogen-bond acceptors (Lipinski definition) is 2. The van der Waals surface area contributed by atoms with E-state index in [-0.39, 0.29) is 11.4 Å². The average Bonchev–Trinajstić information content (AvgIpc) is 2.73. The number of fused-ring (bicyclic) bond motifs is 3. The Morgan fingerprint density at radius 2 is 2.28 bits per heavy atom. The molecule has 0 spiro atoms. The maximum Gasteiger partial charge on any atom is 0.274 e. The van der Waals surface area contributed by atoms with Crippen LogP contribution >= 0.6 is 11.6 Å². The molecule has 0 amide bonds. The summed E-state index contributed by atoms with van der Waals surface area (Å²) in [5.74, 6) is -0.348. The number of aromatic amines is 1. The van der Waals surface area contributed by atoms with Crippen molar-refractivity contribution in [1.82, 2.24) is 14.6 Å². The Bertz CT molecular complexity index is 821. The van der Waals surface area contributed by atoms with Crippen molar-refractivity contribution in [3.05, 3.63) is 45.6 Å². The van der Waals surface area contributed by atoms with Crippen molar-refractivity contribution < 1.29 is 4.39 Å². The molecular weight excluding hydrogens is 257 g/mol. The summed E-state index contributed by atoms with van der Waals surface area (Å²) in [4.78, 5) is 14.6. The first kappa shape index (κ1) is 11.2. The van der Waals surface area contributed by atoms with Crippen LogP contribution in [0.5, 0.6) is 0 Å². The minimum atomic E-state index is -0.404. The average molecular weight is 266 g/mol. The van der Waals surface area contributed by atoms with Crippen LogP contribution in [0.15, 0.2) is 23.1 Å². The molecule has 0 aliphatic rings. The number of alkyl halides is 1. The topological polar surface area (TPSA) is 50.2 Å². The van der Waals surface area contributed by atoms with Gasteiger partial charge in [0, 0.05) is 17.2 Å². The van der Waals surface area contributed by atoms with Gasteiger partial charge in [-0.05, 0) is 13.0 Å². The number of nitrogens with zero attached hydrogens (tertiary/aromatic N) is 2. The van der Waals surface area contributed by atoms with Gasteiger partial charge in [-0.3, -0.25) is 4.79 Å². The van der Waals surface area contributed by atoms with Crippen molar-refractivity contribution in [3.63, 3.8) is 0 Å². The van der Waals surface area contributed by atoms with E-state index in [9.17, 15) is 9.18 Å². The van der Waals surface area contributed by atoms with Crippen molar-refractivity contribution >= 4 is 28.2 Å². The van der Waals surface area contributed by atoms with Crippen LogP contribution in [0.3, 0.4) is 0 Å². The summed E-state index contributed by atoms with van der Waals surface area (Å²) in [5, 5.41) is 4.10. The lowest BCUT2D eigenvalue weighted by Gasteiger charge is -2.05. The number of aromatic nitrogens is 3. The van der Waals surface area contributed by atoms with Gasteiger partial charge in [0.25, 0.3) is 5.56 Å². The fraction of sp³-hybridized carbons (Fsp3) is 0.167. The lowest BCUT2D eigenvalue weighted by molar-refractivity contribution is 0.618. The summed E-state index contributed by atoms with van der Waals surface area (Å²) < 4.78 is 15.2. The van der Waals surface area contributed by atoms with Gasteiger partial charge in [0.15, 0.2) is 0 Å². The van der Waals surface area contributed by atoms with Gasteiger partial charge in [0.2, 0.25) is 0 Å². The molecule has 0 saturated heterocycles. The molecule has 6 heteroatoms. The Morgan fingerprint density at radius 1 is 1.50 bits per heavy atom. The van der Waals surface area contributed by atoms with Crippen LogP contribution in [0.1, 0.15) is 11.1 Å². The number of aryl methyl sites for hydroxylation is 1. The van der Waals surface area contributed by atoms with Crippen LogP contribution in [0.4, 0.5) is 4.39 Å². The normalized spacial score (nSPS) is 11.5. The molecular formula is C12H9ClFN3O. The van der Waals surface area contributed by atoms with Crippen molar-refractivity contribution in [2.75, 3.05) is 0 Å². The number of H-pyrrole nitrogens is 1. The van der Waals surface area contributed by atoms with Gasteiger partial charge in [-0.15, -0.1) is 11.6 Å². The molecule has 0 aliphatic carbocycles. The summed E-state index contributed by atoms with van der Waals surface area (Å²) >= 11 is 5.64. The zero-order valence-corrected chi connectivity index (χ0v) is 10.3. The first-order chi connectivity index (χ1) is 8.61. The van der Waals surface area contributed by atoms with Crippen LogP contribution in [-0.2, 0) is 5.88 Å². The van der Waals surface area contributed by atoms with E-state index < -0.39 is 5.82 Å². The monoisotopic (exact) mass is 265 g/mol. The standard InChI is InChI=1S/C12H9ClFN3O/c1-6-5-15-17-10-3-8(14)7(4-13)2-9(10)16-12(18)11(6)17/h2-3,5H,4H2,1H3,(H,16,18). The zero-order chi connectivity index (χ0) is 12.9. The molecule has 3 rings (SSSR count). The van der Waals surface area contributed by atoms with Crippen LogP contribution in [0.25, 0.3) is 16.6 Å². The van der Waals surface area contributed by atoms with Crippen LogP contribution in [0, 0.1) is 12.7 Å². The highest BCUT2D eigenvalue weighted by Crippen LogP contribution is 2.19. The Morgan fingerprint density at radius 3 is 3.00 bits per heavy atom. The summed E-state index contributed by atoms with van der Waals surface area (Å²) in [6, 6.07) is 2.87. The van der Waals surface area contributed by atoms with Crippen molar-refractivity contribution in [2.24, 2.45) is 0 Å². The van der Waals surface area contributed by atoms with Crippen molar-refractivity contribution in [3.8, 4) is 0 Å². The third-order valence-electron chi connectivity index (χ3n) is 2.95. The van der Waals surface area contributed by atoms with E-state index in [4.69, 9.17) is 11.6 Å². The minimum Gasteiger partial charge on any atom is -0.319 e. The molecule has 0 unspecified atom stereocenters. The highest BCUT2D eigenvalue weighted by Gasteiger charge is 2.11. The molecule has 0 saturated carbocycles. The Kier molecular flexibility index (Phi) is 2.38. The van der Waals surface area contributed by atoms with E-state index in [1.54, 1.807) is 13.1 Å². The summed E-state index contributed by atoms with van der Waals surface area (Å²) in [7, 11) is 0. The third-order valence-corrected chi connectivity index (χ3v) is 3.24. The quantitative estimate of drug-likeness (QED) is 0.687. The molecule has 0 fully saturated rings. The molecule has 2 heterocycles. The summed E-state index contributed by atoms with van der Waals surface area (Å²) in [6.45, 7) is 1.78. The largest absolute Gasteiger partial charge is 0.319 e. The van der Waals surface area contributed by atoms with E-state index in [1.807, 2.05) is 0 Å². The van der Waals surface area contributed by atoms with Gasteiger partial charge in [-0.25, -0.2) is 8.91 Å². The van der Waals surface area contributed by atoms with Gasteiger partial charge in [0.05, 0.1) is 23.1 Å². The molecule has 3 aromatic rings. The molecule has 18 heavy (non-hydrogen) atoms. The molecule has 0 aliphatic heterocycles. The predicted molar refractivity (Wildman–Crippen MR) is 67.6 cm³/mol. The fourth-order valence-electron chi connectivity index (χ4n) is 2.06. The minimum absolute atomic E-state index is 0.0555. The van der Waals surface area contributed by atoms with Gasteiger partial charge >= 0.3 is 0 Å². The smallest absolute Gasteiger partial charge is 0.274 e. The third kappa shape index (κ3) is 1.44. The Labute approximate surface area is 106 Å². The zero-order valence-electron chi connectivity index (χ0n) is 9.50. The highest BCUT2D eigenvalue weighted by atomic mass is 35.5. The predicted octanol–water partition coefficient (Wildman–Crippen LogP) is 2.36. The van der Waals surface area contributed by atoms with Gasteiger partial charge < -0.3 is 4.98 Å². The molecule has 0 bridgehead atoms. The molecule has 2 aromatic heterocycles. The lowest BCUT2D eigenvalue weighted by Crippen LogP contribution is -2.12. The molecule has 92 valence electrons. The number of nitrogens with one attached hydrogen (secondary N) is 1. The number of benzene rings is 1. The van der Waals surface area contributed by atoms with E-state index in [2.05, 4.69) is 10.1 Å². The Hall–Kier alpha value is -1.88. The number of rotatable bonds is 1. The van der Waals surface area contributed by atoms with Crippen molar-refractivity contribution in [2.45, 2.75) is 12.8 Å². The fourth-order valence-corrected chi connectivity index (χ4v) is 2.26. The first-order valence-corrected chi connectivity index (χ1v) is 5.90. The van der Waals surface area contributed by atoms with Gasteiger partial charge in [-0.2, -0.15) is 5.10 Å². The van der Waals surface area contributed by atoms with E-state index >= 15 is 0 Å². The number of hydrogen-bond donors (Lipinski definition) is 1. The molecule has 4 nitrogen and oxygen atoms in total. The first-order valence-electron chi connectivity index (χ1n) is 5.36. The van der Waals surface area contributed by atoms with Crippen LogP contribution in [-0.4, -0.2) is 14.6 Å². The van der Waals surface area contributed by atoms with E-state index in [0.29, 0.717) is 22.1 Å². The molecule has 1 aromatic carbocycles. The second kappa shape index (κ2) is 3.81. The SMILES string of the molecule is Cc1cnn2c1c(=O)[nH]c1cc(CCl)c(F)cc12. The van der Waals surface area contributed by atoms with Crippen molar-refractivity contribution in [1.29, 1.82) is 0 Å². The van der Waals surface area contributed by atoms with E-state index in [0.717, 1.165) is 5.56 Å². The second-order valence-electron chi connectivity index (χ2n) is 4.14. The molecule has 0 radical (unpaired) electrons. The lowest BCUT2D eigenvalue weighted by atomic mass is 10.2. The maximum absolute atomic E-state index is 13.7. The summed E-state index contributed by atoms with van der Waals surface area (Å²) in [5.41, 5.74) is 2.32. The maximum atomic E-state index is 13.7. The van der Waals surface area contributed by atoms with Crippen LogP contribution < -0.4 is 5.56 Å². The molecule has 1 N–H and O–H groups in total. The second-order valence-corrected chi connectivity index (χ2v) is 4.40. The van der Waals surface area contributed by atoms with Gasteiger partial charge in [-0.1, -0.05) is 0 Å². The van der Waals surface area contributed by atoms with Crippen LogP contribution in [0.2, 0.25) is 0 Å². The molecule has 0 atom stereocenters.